The highest BCUT2D eigenvalue weighted by Crippen LogP contribution is 2.32. The Bertz CT molecular complexity index is 325. The Morgan fingerprint density at radius 3 is 2.61 bits per heavy atom. The van der Waals surface area contributed by atoms with E-state index in [4.69, 9.17) is 4.74 Å². The van der Waals surface area contributed by atoms with Gasteiger partial charge in [-0.05, 0) is 30.4 Å². The van der Waals surface area contributed by atoms with E-state index in [2.05, 4.69) is 26.0 Å². The monoisotopic (exact) mass is 252 g/mol. The maximum absolute atomic E-state index is 12.1. The van der Waals surface area contributed by atoms with E-state index >= 15 is 0 Å². The van der Waals surface area contributed by atoms with Crippen LogP contribution in [-0.4, -0.2) is 13.3 Å². The van der Waals surface area contributed by atoms with Crippen LogP contribution < -0.4 is 4.74 Å². The van der Waals surface area contributed by atoms with Gasteiger partial charge >= 0.3 is 0 Å². The molecule has 0 aliphatic carbocycles. The predicted octanol–water partition coefficient (Wildman–Crippen LogP) is 5.11. The second-order valence-electron chi connectivity index (χ2n) is 4.68. The summed E-state index contributed by atoms with van der Waals surface area (Å²) in [5, 5.41) is 0. The summed E-state index contributed by atoms with van der Waals surface area (Å²) in [4.78, 5) is 0. The second-order valence-corrected chi connectivity index (χ2v) is 4.68. The first-order valence-electron chi connectivity index (χ1n) is 7.11. The number of ether oxygens (including phenoxy) is 1. The molecule has 2 heteroatoms. The molecule has 102 valence electrons. The maximum Gasteiger partial charge on any atom is 0.122 e. The van der Waals surface area contributed by atoms with Gasteiger partial charge in [-0.3, -0.25) is 4.39 Å². The van der Waals surface area contributed by atoms with Crippen LogP contribution in [0.4, 0.5) is 4.39 Å². The van der Waals surface area contributed by atoms with Crippen molar-refractivity contribution in [1.29, 1.82) is 0 Å². The predicted molar refractivity (Wildman–Crippen MR) is 75.1 cm³/mol. The molecular formula is C16H25FO. The molecule has 0 saturated carbocycles. The van der Waals surface area contributed by atoms with Gasteiger partial charge in [-0.2, -0.15) is 0 Å². The van der Waals surface area contributed by atoms with Gasteiger partial charge in [-0.1, -0.05) is 44.9 Å². The Labute approximate surface area is 110 Å². The van der Waals surface area contributed by atoms with Crippen molar-refractivity contribution in [2.75, 3.05) is 13.3 Å². The third-order valence-electron chi connectivity index (χ3n) is 3.29. The minimum Gasteiger partial charge on any atom is -0.493 e. The van der Waals surface area contributed by atoms with E-state index < -0.39 is 0 Å². The van der Waals surface area contributed by atoms with Crippen LogP contribution in [-0.2, 0) is 0 Å². The Kier molecular flexibility index (Phi) is 7.47. The number of rotatable bonds is 9. The molecule has 0 fully saturated rings. The van der Waals surface area contributed by atoms with Crippen molar-refractivity contribution in [3.63, 3.8) is 0 Å². The summed E-state index contributed by atoms with van der Waals surface area (Å²) in [6.45, 7) is 4.60. The molecule has 0 amide bonds. The Balaban J connectivity index is 2.71. The summed E-state index contributed by atoms with van der Waals surface area (Å²) in [5.74, 6) is 1.50. The highest BCUT2D eigenvalue weighted by molar-refractivity contribution is 5.36. The van der Waals surface area contributed by atoms with Crippen LogP contribution >= 0.6 is 0 Å². The van der Waals surface area contributed by atoms with Crippen LogP contribution in [0.25, 0.3) is 0 Å². The minimum atomic E-state index is -0.310. The summed E-state index contributed by atoms with van der Waals surface area (Å²) in [5.41, 5.74) is 1.28. The van der Waals surface area contributed by atoms with Gasteiger partial charge in [0.25, 0.3) is 0 Å². The van der Waals surface area contributed by atoms with Gasteiger partial charge in [0.05, 0.1) is 13.3 Å². The standard InChI is InChI=1S/C16H25FO/c1-3-5-9-14(4-2)15-10-6-7-11-16(15)18-13-8-12-17/h6-7,10-11,14H,3-5,8-9,12-13H2,1-2H3. The zero-order valence-electron chi connectivity index (χ0n) is 11.6. The van der Waals surface area contributed by atoms with E-state index in [-0.39, 0.29) is 6.67 Å². The molecule has 1 atom stereocenters. The summed E-state index contributed by atoms with van der Waals surface area (Å²) in [6.07, 6.45) is 5.28. The summed E-state index contributed by atoms with van der Waals surface area (Å²) in [7, 11) is 0. The number of hydrogen-bond donors (Lipinski definition) is 0. The molecule has 1 aromatic carbocycles. The molecule has 0 N–H and O–H groups in total. The Hall–Kier alpha value is -1.05. The first kappa shape index (κ1) is 15.0. The van der Waals surface area contributed by atoms with E-state index in [1.54, 1.807) is 0 Å². The van der Waals surface area contributed by atoms with Crippen molar-refractivity contribution < 1.29 is 9.13 Å². The molecule has 0 radical (unpaired) electrons. The maximum atomic E-state index is 12.1. The number of para-hydroxylation sites is 1. The zero-order chi connectivity index (χ0) is 13.2. The van der Waals surface area contributed by atoms with Gasteiger partial charge < -0.3 is 4.74 Å². The molecule has 0 bridgehead atoms. The summed E-state index contributed by atoms with van der Waals surface area (Å²) >= 11 is 0. The molecule has 0 aliphatic rings. The lowest BCUT2D eigenvalue weighted by Crippen LogP contribution is -2.04. The van der Waals surface area contributed by atoms with E-state index in [1.807, 2.05) is 12.1 Å². The van der Waals surface area contributed by atoms with Crippen molar-refractivity contribution in [3.05, 3.63) is 29.8 Å². The van der Waals surface area contributed by atoms with E-state index in [0.29, 0.717) is 18.9 Å². The van der Waals surface area contributed by atoms with E-state index in [9.17, 15) is 4.39 Å². The number of hydrogen-bond acceptors (Lipinski definition) is 1. The lowest BCUT2D eigenvalue weighted by atomic mass is 9.91. The molecule has 1 rings (SSSR count). The molecule has 18 heavy (non-hydrogen) atoms. The molecular weight excluding hydrogens is 227 g/mol. The molecule has 1 aromatic rings. The topological polar surface area (TPSA) is 9.23 Å². The molecule has 0 saturated heterocycles. The van der Waals surface area contributed by atoms with E-state index in [0.717, 1.165) is 12.2 Å². The van der Waals surface area contributed by atoms with Gasteiger partial charge in [-0.15, -0.1) is 0 Å². The molecule has 0 aromatic heterocycles. The SMILES string of the molecule is CCCCC(CC)c1ccccc1OCCCF. The fourth-order valence-corrected chi connectivity index (χ4v) is 2.22. The van der Waals surface area contributed by atoms with Crippen LogP contribution in [0.15, 0.2) is 24.3 Å². The molecule has 1 nitrogen and oxygen atoms in total. The van der Waals surface area contributed by atoms with Crippen molar-refractivity contribution in [2.45, 2.75) is 51.9 Å². The zero-order valence-corrected chi connectivity index (χ0v) is 11.6. The van der Waals surface area contributed by atoms with Crippen LogP contribution in [0.1, 0.15) is 57.4 Å². The summed E-state index contributed by atoms with van der Waals surface area (Å²) in [6, 6.07) is 8.20. The van der Waals surface area contributed by atoms with Gasteiger partial charge in [0.1, 0.15) is 5.75 Å². The van der Waals surface area contributed by atoms with Gasteiger partial charge in [0, 0.05) is 6.42 Å². The first-order chi connectivity index (χ1) is 8.83. The molecule has 0 aliphatic heterocycles. The second kappa shape index (κ2) is 8.96. The van der Waals surface area contributed by atoms with Gasteiger partial charge in [0.2, 0.25) is 0 Å². The largest absolute Gasteiger partial charge is 0.493 e. The number of halogens is 1. The van der Waals surface area contributed by atoms with Crippen LogP contribution in [0, 0.1) is 0 Å². The van der Waals surface area contributed by atoms with Crippen LogP contribution in [0.3, 0.4) is 0 Å². The lowest BCUT2D eigenvalue weighted by molar-refractivity contribution is 0.285. The van der Waals surface area contributed by atoms with Crippen LogP contribution in [0.2, 0.25) is 0 Å². The van der Waals surface area contributed by atoms with Crippen molar-refractivity contribution >= 4 is 0 Å². The van der Waals surface area contributed by atoms with E-state index in [1.165, 1.54) is 24.8 Å². The van der Waals surface area contributed by atoms with Crippen molar-refractivity contribution in [3.8, 4) is 5.75 Å². The highest BCUT2D eigenvalue weighted by atomic mass is 19.1. The highest BCUT2D eigenvalue weighted by Gasteiger charge is 2.13. The quantitative estimate of drug-likeness (QED) is 0.555. The average Bonchev–Trinajstić information content (AvgIpc) is 2.41. The summed E-state index contributed by atoms with van der Waals surface area (Å²) < 4.78 is 17.8. The average molecular weight is 252 g/mol. The van der Waals surface area contributed by atoms with Gasteiger partial charge in [-0.25, -0.2) is 0 Å². The Morgan fingerprint density at radius 1 is 1.17 bits per heavy atom. The van der Waals surface area contributed by atoms with Crippen molar-refractivity contribution in [1.82, 2.24) is 0 Å². The third kappa shape index (κ3) is 4.67. The number of alkyl halides is 1. The normalized spacial score (nSPS) is 12.4. The van der Waals surface area contributed by atoms with Crippen LogP contribution in [0.5, 0.6) is 5.75 Å². The minimum absolute atomic E-state index is 0.310. The smallest absolute Gasteiger partial charge is 0.122 e. The first-order valence-corrected chi connectivity index (χ1v) is 7.11. The molecule has 1 unspecified atom stereocenters. The number of unbranched alkanes of at least 4 members (excludes halogenated alkanes) is 1. The van der Waals surface area contributed by atoms with Gasteiger partial charge in [0.15, 0.2) is 0 Å². The lowest BCUT2D eigenvalue weighted by Gasteiger charge is -2.19. The van der Waals surface area contributed by atoms with Crippen molar-refractivity contribution in [2.24, 2.45) is 0 Å². The fourth-order valence-electron chi connectivity index (χ4n) is 2.22. The Morgan fingerprint density at radius 2 is 1.94 bits per heavy atom. The molecule has 0 spiro atoms. The molecule has 0 heterocycles. The fraction of sp³-hybridized carbons (Fsp3) is 0.625. The number of benzene rings is 1. The third-order valence-corrected chi connectivity index (χ3v) is 3.29.